The third-order valence-electron chi connectivity index (χ3n) is 4.69. The van der Waals surface area contributed by atoms with Crippen LogP contribution in [0.3, 0.4) is 0 Å². The number of hydrogen-bond acceptors (Lipinski definition) is 7. The fourth-order valence-corrected chi connectivity index (χ4v) is 3.25. The van der Waals surface area contributed by atoms with Crippen molar-refractivity contribution in [3.8, 4) is 11.4 Å². The van der Waals surface area contributed by atoms with Gasteiger partial charge in [0.05, 0.1) is 43.9 Å². The molecule has 9 heteroatoms. The van der Waals surface area contributed by atoms with Crippen LogP contribution < -0.4 is 9.80 Å². The molecule has 9 nitrogen and oxygen atoms in total. The number of aryl methyl sites for hydroxylation is 1. The molecule has 0 bridgehead atoms. The molecule has 29 heavy (non-hydrogen) atoms. The normalized spacial score (nSPS) is 14.6. The van der Waals surface area contributed by atoms with Crippen LogP contribution in [0.2, 0.25) is 0 Å². The van der Waals surface area contributed by atoms with Crippen LogP contribution in [0.15, 0.2) is 48.9 Å². The van der Waals surface area contributed by atoms with E-state index in [2.05, 4.69) is 15.2 Å². The van der Waals surface area contributed by atoms with Crippen LogP contribution in [0, 0.1) is 6.92 Å². The molecule has 150 valence electrons. The molecule has 1 fully saturated rings. The van der Waals surface area contributed by atoms with Gasteiger partial charge in [-0.3, -0.25) is 9.63 Å². The van der Waals surface area contributed by atoms with Gasteiger partial charge in [-0.2, -0.15) is 15.0 Å². The summed E-state index contributed by atoms with van der Waals surface area (Å²) in [6.45, 7) is 3.73. The molecule has 4 rings (SSSR count). The van der Waals surface area contributed by atoms with Crippen molar-refractivity contribution in [3.05, 3.63) is 60.0 Å². The number of hydroxylamine groups is 1. The Labute approximate surface area is 168 Å². The first-order valence-electron chi connectivity index (χ1n) is 9.33. The molecule has 2 aromatic heterocycles. The van der Waals surface area contributed by atoms with Crippen molar-refractivity contribution in [1.29, 1.82) is 0 Å². The van der Waals surface area contributed by atoms with E-state index in [1.165, 1.54) is 4.80 Å². The molecule has 1 amide bonds. The minimum Gasteiger partial charge on any atom is -0.493 e. The lowest BCUT2D eigenvalue weighted by molar-refractivity contribution is 0.0729. The van der Waals surface area contributed by atoms with Crippen molar-refractivity contribution in [1.82, 2.24) is 24.9 Å². The maximum atomic E-state index is 13.3. The minimum absolute atomic E-state index is 0.0839. The lowest BCUT2D eigenvalue weighted by Crippen LogP contribution is -2.36. The predicted molar refractivity (Wildman–Crippen MR) is 106 cm³/mol. The molecular weight excluding hydrogens is 372 g/mol. The number of amides is 1. The highest BCUT2D eigenvalue weighted by Crippen LogP contribution is 2.26. The van der Waals surface area contributed by atoms with E-state index in [4.69, 9.17) is 9.57 Å². The van der Waals surface area contributed by atoms with Gasteiger partial charge in [-0.25, -0.2) is 10.0 Å². The zero-order valence-corrected chi connectivity index (χ0v) is 16.4. The van der Waals surface area contributed by atoms with Crippen molar-refractivity contribution in [2.75, 3.05) is 38.4 Å². The standard InChI is InChI=1S/C20H22N6O3/c1-15-5-6-17(26-22-8-9-23-26)16(14-15)20(27)24-10-11-25(29-13-12-24)19-18(28-2)4-3-7-21-19/h3-9,14H,10-13H2,1-2H3. The van der Waals surface area contributed by atoms with E-state index < -0.39 is 0 Å². The summed E-state index contributed by atoms with van der Waals surface area (Å²) in [6, 6.07) is 9.30. The molecule has 3 aromatic rings. The number of pyridine rings is 1. The van der Waals surface area contributed by atoms with Gasteiger partial charge in [0.1, 0.15) is 0 Å². The Hall–Kier alpha value is -3.46. The Bertz CT molecular complexity index is 992. The second-order valence-electron chi connectivity index (χ2n) is 6.60. The van der Waals surface area contributed by atoms with E-state index >= 15 is 0 Å². The van der Waals surface area contributed by atoms with Gasteiger partial charge in [0.25, 0.3) is 5.91 Å². The van der Waals surface area contributed by atoms with Crippen LogP contribution in [0.4, 0.5) is 5.82 Å². The maximum Gasteiger partial charge on any atom is 0.256 e. The molecule has 0 radical (unpaired) electrons. The number of methoxy groups -OCH3 is 1. The van der Waals surface area contributed by atoms with Gasteiger partial charge in [-0.1, -0.05) is 11.6 Å². The van der Waals surface area contributed by atoms with Crippen molar-refractivity contribution < 1.29 is 14.4 Å². The highest BCUT2D eigenvalue weighted by atomic mass is 16.7. The first-order chi connectivity index (χ1) is 14.2. The molecule has 1 aliphatic rings. The van der Waals surface area contributed by atoms with E-state index in [1.807, 2.05) is 31.2 Å². The van der Waals surface area contributed by atoms with Crippen LogP contribution in [-0.4, -0.2) is 64.1 Å². The van der Waals surface area contributed by atoms with Crippen molar-refractivity contribution >= 4 is 11.7 Å². The third kappa shape index (κ3) is 3.90. The summed E-state index contributed by atoms with van der Waals surface area (Å²) in [4.78, 5) is 26.8. The molecule has 0 saturated carbocycles. The molecule has 1 saturated heterocycles. The van der Waals surface area contributed by atoms with Gasteiger partial charge in [0, 0.05) is 19.3 Å². The molecule has 1 aromatic carbocycles. The van der Waals surface area contributed by atoms with Gasteiger partial charge in [-0.05, 0) is 31.2 Å². The Balaban J connectivity index is 1.56. The summed E-state index contributed by atoms with van der Waals surface area (Å²) in [6.07, 6.45) is 4.86. The lowest BCUT2D eigenvalue weighted by Gasteiger charge is -2.23. The molecule has 0 unspecified atom stereocenters. The van der Waals surface area contributed by atoms with Crippen molar-refractivity contribution in [2.24, 2.45) is 0 Å². The molecule has 0 atom stereocenters. The topological polar surface area (TPSA) is 85.6 Å². The van der Waals surface area contributed by atoms with Gasteiger partial charge < -0.3 is 9.64 Å². The first-order valence-corrected chi connectivity index (χ1v) is 9.33. The fourth-order valence-electron chi connectivity index (χ4n) is 3.25. The van der Waals surface area contributed by atoms with Crippen LogP contribution in [-0.2, 0) is 4.84 Å². The summed E-state index contributed by atoms with van der Waals surface area (Å²) >= 11 is 0. The van der Waals surface area contributed by atoms with E-state index in [1.54, 1.807) is 41.7 Å². The smallest absolute Gasteiger partial charge is 0.256 e. The molecule has 0 N–H and O–H groups in total. The van der Waals surface area contributed by atoms with E-state index in [9.17, 15) is 4.79 Å². The average Bonchev–Trinajstić information content (AvgIpc) is 3.17. The van der Waals surface area contributed by atoms with E-state index in [0.29, 0.717) is 49.1 Å². The highest BCUT2D eigenvalue weighted by Gasteiger charge is 2.25. The van der Waals surface area contributed by atoms with E-state index in [-0.39, 0.29) is 5.91 Å². The van der Waals surface area contributed by atoms with Gasteiger partial charge >= 0.3 is 0 Å². The second-order valence-corrected chi connectivity index (χ2v) is 6.60. The number of anilines is 1. The fraction of sp³-hybridized carbons (Fsp3) is 0.300. The number of carbonyl (C=O) groups excluding carboxylic acids is 1. The van der Waals surface area contributed by atoms with Crippen LogP contribution >= 0.6 is 0 Å². The summed E-state index contributed by atoms with van der Waals surface area (Å²) in [5, 5.41) is 10.0. The van der Waals surface area contributed by atoms with Gasteiger partial charge in [-0.15, -0.1) is 0 Å². The zero-order chi connectivity index (χ0) is 20.2. The summed E-state index contributed by atoms with van der Waals surface area (Å²) in [5.74, 6) is 1.14. The van der Waals surface area contributed by atoms with Crippen LogP contribution in [0.25, 0.3) is 5.69 Å². The summed E-state index contributed by atoms with van der Waals surface area (Å²) < 4.78 is 5.37. The number of aromatic nitrogens is 4. The SMILES string of the molecule is COc1cccnc1N1CCN(C(=O)c2cc(C)ccc2-n2nccn2)CCO1. The third-order valence-corrected chi connectivity index (χ3v) is 4.69. The Morgan fingerprint density at radius 3 is 2.72 bits per heavy atom. The Kier molecular flexibility index (Phi) is 5.39. The van der Waals surface area contributed by atoms with Crippen molar-refractivity contribution in [3.63, 3.8) is 0 Å². The largest absolute Gasteiger partial charge is 0.493 e. The molecule has 3 heterocycles. The van der Waals surface area contributed by atoms with Crippen LogP contribution in [0.5, 0.6) is 5.75 Å². The number of hydrogen-bond donors (Lipinski definition) is 0. The molecular formula is C20H22N6O3. The molecule has 1 aliphatic heterocycles. The number of nitrogens with zero attached hydrogens (tertiary/aromatic N) is 6. The summed E-state index contributed by atoms with van der Waals surface area (Å²) in [5.41, 5.74) is 2.21. The number of rotatable bonds is 4. The molecule has 0 spiro atoms. The van der Waals surface area contributed by atoms with Crippen LogP contribution in [0.1, 0.15) is 15.9 Å². The van der Waals surface area contributed by atoms with Gasteiger partial charge in [0.2, 0.25) is 0 Å². The minimum atomic E-state index is -0.0839. The number of benzene rings is 1. The highest BCUT2D eigenvalue weighted by molar-refractivity contribution is 5.98. The zero-order valence-electron chi connectivity index (χ0n) is 16.4. The molecule has 0 aliphatic carbocycles. The van der Waals surface area contributed by atoms with E-state index in [0.717, 1.165) is 5.56 Å². The average molecular weight is 394 g/mol. The number of ether oxygens (including phenoxy) is 1. The predicted octanol–water partition coefficient (Wildman–Crippen LogP) is 1.87. The quantitative estimate of drug-likeness (QED) is 0.668. The Morgan fingerprint density at radius 2 is 1.93 bits per heavy atom. The lowest BCUT2D eigenvalue weighted by atomic mass is 10.1. The monoisotopic (exact) mass is 394 g/mol. The van der Waals surface area contributed by atoms with Gasteiger partial charge in [0.15, 0.2) is 11.6 Å². The first kappa shape index (κ1) is 18.9. The Morgan fingerprint density at radius 1 is 1.10 bits per heavy atom. The second kappa shape index (κ2) is 8.27. The van der Waals surface area contributed by atoms with Crippen molar-refractivity contribution in [2.45, 2.75) is 6.92 Å². The summed E-state index contributed by atoms with van der Waals surface area (Å²) in [7, 11) is 1.59. The maximum absolute atomic E-state index is 13.3. The number of carbonyl (C=O) groups is 1.